The number of halogens is 2. The van der Waals surface area contributed by atoms with E-state index >= 15 is 4.39 Å². The van der Waals surface area contributed by atoms with Crippen molar-refractivity contribution in [2.45, 2.75) is 66.0 Å². The molecule has 2 aliphatic rings. The van der Waals surface area contributed by atoms with E-state index in [1.165, 1.54) is 6.07 Å². The molecule has 39 heavy (non-hydrogen) atoms. The van der Waals surface area contributed by atoms with Gasteiger partial charge in [0.1, 0.15) is 11.4 Å². The minimum Gasteiger partial charge on any atom is -0.444 e. The minimum absolute atomic E-state index is 0.0488. The van der Waals surface area contributed by atoms with E-state index in [1.807, 2.05) is 59.4 Å². The van der Waals surface area contributed by atoms with E-state index in [9.17, 15) is 9.59 Å². The Morgan fingerprint density at radius 2 is 1.97 bits per heavy atom. The molecule has 4 rings (SSSR count). The van der Waals surface area contributed by atoms with Gasteiger partial charge in [0, 0.05) is 37.4 Å². The Kier molecular flexibility index (Phi) is 7.83. The predicted octanol–water partition coefficient (Wildman–Crippen LogP) is 5.85. The monoisotopic (exact) mass is 599 g/mol. The van der Waals surface area contributed by atoms with Gasteiger partial charge in [0.25, 0.3) is 0 Å². The number of ether oxygens (including phenoxy) is 1. The Balaban J connectivity index is 1.85. The summed E-state index contributed by atoms with van der Waals surface area (Å²) in [7, 11) is 0. The maximum Gasteiger partial charge on any atom is 0.410 e. The Hall–Kier alpha value is -3.36. The average molecular weight is 601 g/mol. The normalized spacial score (nSPS) is 17.9. The van der Waals surface area contributed by atoms with Gasteiger partial charge in [-0.25, -0.2) is 14.0 Å². The van der Waals surface area contributed by atoms with Crippen LogP contribution in [0.3, 0.4) is 0 Å². The molecule has 10 heteroatoms. The first-order valence-electron chi connectivity index (χ1n) is 13.0. The summed E-state index contributed by atoms with van der Waals surface area (Å²) in [4.78, 5) is 35.3. The van der Waals surface area contributed by atoms with Crippen LogP contribution in [0.15, 0.2) is 40.3 Å². The number of carbonyl (C=O) groups is 1. The molecule has 0 unspecified atom stereocenters. The highest BCUT2D eigenvalue weighted by Crippen LogP contribution is 2.48. The third kappa shape index (κ3) is 5.40. The van der Waals surface area contributed by atoms with Crippen LogP contribution in [0.4, 0.5) is 20.6 Å². The van der Waals surface area contributed by atoms with Crippen LogP contribution in [0.2, 0.25) is 0 Å². The maximum absolute atomic E-state index is 15.1. The highest BCUT2D eigenvalue weighted by Gasteiger charge is 2.39. The lowest BCUT2D eigenvalue weighted by molar-refractivity contribution is 0.0124. The van der Waals surface area contributed by atoms with Crippen molar-refractivity contribution in [3.05, 3.63) is 62.9 Å². The summed E-state index contributed by atoms with van der Waals surface area (Å²) in [5.74, 6) is 1.66. The number of amides is 1. The second-order valence-corrected chi connectivity index (χ2v) is 12.2. The molecule has 0 aliphatic carbocycles. The van der Waals surface area contributed by atoms with Crippen LogP contribution in [-0.2, 0) is 9.53 Å². The van der Waals surface area contributed by atoms with Gasteiger partial charge in [-0.15, -0.1) is 0 Å². The fourth-order valence-electron chi connectivity index (χ4n) is 5.12. The average Bonchev–Trinajstić information content (AvgIpc) is 2.84. The zero-order chi connectivity index (χ0) is 28.8. The van der Waals surface area contributed by atoms with E-state index in [1.54, 1.807) is 22.1 Å². The molecule has 1 aromatic carbocycles. The summed E-state index contributed by atoms with van der Waals surface area (Å²) >= 11 is 3.33. The SMILES string of the molecule is Cc1ccnc(C(C)C)c1N1C(=C=O)C(N)=C(N2CCN(C(=O)OC(C)(C)C)C[C@@H]2C)c2cc(F)c(Br)cc21. The van der Waals surface area contributed by atoms with Crippen molar-refractivity contribution < 1.29 is 18.7 Å². The highest BCUT2D eigenvalue weighted by atomic mass is 79.9. The maximum atomic E-state index is 15.1. The van der Waals surface area contributed by atoms with Gasteiger partial charge in [0.2, 0.25) is 0 Å². The van der Waals surface area contributed by atoms with E-state index in [-0.39, 0.29) is 33.9 Å². The second kappa shape index (κ2) is 10.7. The first kappa shape index (κ1) is 28.6. The summed E-state index contributed by atoms with van der Waals surface area (Å²) in [5.41, 5.74) is 10.5. The van der Waals surface area contributed by atoms with Crippen molar-refractivity contribution in [2.75, 3.05) is 24.5 Å². The Morgan fingerprint density at radius 3 is 2.56 bits per heavy atom. The molecular formula is C29H35BrFN5O3. The van der Waals surface area contributed by atoms with E-state index in [0.717, 1.165) is 16.9 Å². The topological polar surface area (TPSA) is 92.0 Å². The molecule has 1 amide bonds. The van der Waals surface area contributed by atoms with Crippen LogP contribution in [0, 0.1) is 12.7 Å². The number of aromatic nitrogens is 1. The van der Waals surface area contributed by atoms with Gasteiger partial charge in [-0.1, -0.05) is 13.8 Å². The van der Waals surface area contributed by atoms with Gasteiger partial charge in [0.15, 0.2) is 11.6 Å². The van der Waals surface area contributed by atoms with Gasteiger partial charge in [-0.2, -0.15) is 0 Å². The number of anilines is 2. The number of hydrogen-bond acceptors (Lipinski definition) is 7. The zero-order valence-electron chi connectivity index (χ0n) is 23.4. The molecule has 8 nitrogen and oxygen atoms in total. The molecule has 3 heterocycles. The van der Waals surface area contributed by atoms with Crippen molar-refractivity contribution in [1.29, 1.82) is 0 Å². The fraction of sp³-hybridized carbons (Fsp3) is 0.448. The molecule has 1 atom stereocenters. The molecule has 0 radical (unpaired) electrons. The molecule has 1 saturated heterocycles. The van der Waals surface area contributed by atoms with Crippen LogP contribution in [-0.4, -0.2) is 58.1 Å². The number of pyridine rings is 1. The zero-order valence-corrected chi connectivity index (χ0v) is 25.0. The molecule has 0 bridgehead atoms. The summed E-state index contributed by atoms with van der Waals surface area (Å²) in [6.45, 7) is 14.6. The van der Waals surface area contributed by atoms with Gasteiger partial charge in [-0.3, -0.25) is 9.88 Å². The molecule has 0 spiro atoms. The summed E-state index contributed by atoms with van der Waals surface area (Å²) in [6.07, 6.45) is 1.35. The number of aryl methyl sites for hydroxylation is 1. The number of nitrogens with zero attached hydrogens (tertiary/aromatic N) is 4. The summed E-state index contributed by atoms with van der Waals surface area (Å²) in [6, 6.07) is 4.77. The standard InChI is InChI=1S/C29H35BrFN5O3/c1-16(2)25-26(17(3)8-9-33-25)36-22-13-20(30)21(31)12-19(22)27(24(32)23(36)15-37)35-11-10-34(14-18(35)4)28(38)39-29(5,6)7/h8-9,12-13,16,18H,10-11,14,32H2,1-7H3/t18-/m0/s1. The quantitative estimate of drug-likeness (QED) is 0.442. The van der Waals surface area contributed by atoms with E-state index in [2.05, 4.69) is 26.9 Å². The van der Waals surface area contributed by atoms with Gasteiger partial charge >= 0.3 is 6.09 Å². The number of carbonyl (C=O) groups excluding carboxylic acids is 2. The summed E-state index contributed by atoms with van der Waals surface area (Å²) in [5, 5.41) is 0. The fourth-order valence-corrected chi connectivity index (χ4v) is 5.45. The first-order chi connectivity index (χ1) is 18.2. The number of nitrogens with two attached hydrogens (primary N) is 1. The van der Waals surface area contributed by atoms with Crippen LogP contribution >= 0.6 is 15.9 Å². The molecule has 2 N–H and O–H groups in total. The lowest BCUT2D eigenvalue weighted by Crippen LogP contribution is -2.54. The van der Waals surface area contributed by atoms with Crippen molar-refractivity contribution in [3.8, 4) is 0 Å². The lowest BCUT2D eigenvalue weighted by atomic mass is 9.94. The Labute approximate surface area is 237 Å². The highest BCUT2D eigenvalue weighted by molar-refractivity contribution is 9.10. The molecule has 2 aliphatic heterocycles. The molecule has 1 fully saturated rings. The van der Waals surface area contributed by atoms with E-state index < -0.39 is 11.4 Å². The Bertz CT molecular complexity index is 1390. The van der Waals surface area contributed by atoms with Crippen LogP contribution in [0.1, 0.15) is 64.3 Å². The molecule has 208 valence electrons. The molecular weight excluding hydrogens is 565 g/mol. The number of benzene rings is 1. The van der Waals surface area contributed by atoms with Crippen molar-refractivity contribution in [2.24, 2.45) is 5.73 Å². The van der Waals surface area contributed by atoms with Gasteiger partial charge < -0.3 is 20.3 Å². The van der Waals surface area contributed by atoms with E-state index in [4.69, 9.17) is 10.5 Å². The van der Waals surface area contributed by atoms with E-state index in [0.29, 0.717) is 36.6 Å². The number of piperazine rings is 1. The van der Waals surface area contributed by atoms with Crippen LogP contribution in [0.5, 0.6) is 0 Å². The third-order valence-electron chi connectivity index (χ3n) is 6.86. The second-order valence-electron chi connectivity index (χ2n) is 11.3. The molecule has 0 saturated carbocycles. The third-order valence-corrected chi connectivity index (χ3v) is 7.46. The van der Waals surface area contributed by atoms with Crippen molar-refractivity contribution >= 4 is 45.0 Å². The lowest BCUT2D eigenvalue weighted by Gasteiger charge is -2.45. The predicted molar refractivity (Wildman–Crippen MR) is 154 cm³/mol. The molecule has 2 aromatic rings. The number of hydrogen-bond donors (Lipinski definition) is 1. The Morgan fingerprint density at radius 1 is 1.28 bits per heavy atom. The minimum atomic E-state index is -0.607. The van der Waals surface area contributed by atoms with Crippen molar-refractivity contribution in [1.82, 2.24) is 14.8 Å². The largest absolute Gasteiger partial charge is 0.444 e. The van der Waals surface area contributed by atoms with Gasteiger partial charge in [0.05, 0.1) is 32.9 Å². The number of fused-ring (bicyclic) bond motifs is 1. The summed E-state index contributed by atoms with van der Waals surface area (Å²) < 4.78 is 20.9. The smallest absolute Gasteiger partial charge is 0.410 e. The van der Waals surface area contributed by atoms with Crippen LogP contribution < -0.4 is 10.6 Å². The first-order valence-corrected chi connectivity index (χ1v) is 13.8. The van der Waals surface area contributed by atoms with Crippen LogP contribution in [0.25, 0.3) is 5.70 Å². The number of rotatable bonds is 3. The van der Waals surface area contributed by atoms with Gasteiger partial charge in [-0.05, 0) is 80.2 Å². The molecule has 1 aromatic heterocycles. The van der Waals surface area contributed by atoms with Crippen molar-refractivity contribution in [3.63, 3.8) is 0 Å².